The zero-order valence-corrected chi connectivity index (χ0v) is 18.7. The Labute approximate surface area is 193 Å². The zero-order chi connectivity index (χ0) is 22.6. The monoisotopic (exact) mass is 446 g/mol. The van der Waals surface area contributed by atoms with E-state index in [4.69, 9.17) is 0 Å². The van der Waals surface area contributed by atoms with E-state index in [0.29, 0.717) is 42.7 Å². The van der Waals surface area contributed by atoms with Gasteiger partial charge in [0.25, 0.3) is 5.56 Å². The van der Waals surface area contributed by atoms with Gasteiger partial charge in [-0.15, -0.1) is 0 Å². The Kier molecular flexibility index (Phi) is 6.24. The van der Waals surface area contributed by atoms with Crippen molar-refractivity contribution in [3.8, 4) is 0 Å². The largest absolute Gasteiger partial charge is 0.352 e. The van der Waals surface area contributed by atoms with Crippen LogP contribution < -0.4 is 21.1 Å². The number of nitrogens with one attached hydrogen (secondary N) is 2. The summed E-state index contributed by atoms with van der Waals surface area (Å²) in [5.41, 5.74) is 2.21. The predicted molar refractivity (Wildman–Crippen MR) is 129 cm³/mol. The third-order valence-corrected chi connectivity index (χ3v) is 6.69. The van der Waals surface area contributed by atoms with Gasteiger partial charge in [0.1, 0.15) is 5.52 Å². The highest BCUT2D eigenvalue weighted by Gasteiger charge is 2.26. The molecule has 2 aliphatic rings. The number of fused-ring (bicyclic) bond motifs is 1. The molecule has 8 nitrogen and oxygen atoms in total. The molecule has 1 saturated carbocycles. The first kappa shape index (κ1) is 21.4. The summed E-state index contributed by atoms with van der Waals surface area (Å²) >= 11 is 0. The predicted octanol–water partition coefficient (Wildman–Crippen LogP) is 3.05. The lowest BCUT2D eigenvalue weighted by molar-refractivity contribution is 0.230. The normalized spacial score (nSPS) is 17.4. The van der Waals surface area contributed by atoms with E-state index in [-0.39, 0.29) is 17.6 Å². The molecule has 2 amide bonds. The van der Waals surface area contributed by atoms with Crippen LogP contribution in [0.25, 0.3) is 11.2 Å². The fourth-order valence-electron chi connectivity index (χ4n) is 4.90. The van der Waals surface area contributed by atoms with Gasteiger partial charge in [0.2, 0.25) is 0 Å². The second-order valence-electron chi connectivity index (χ2n) is 9.02. The number of carbonyl (C=O) groups is 1. The number of carbonyl (C=O) groups excluding carboxylic acids is 1. The summed E-state index contributed by atoms with van der Waals surface area (Å²) in [6, 6.07) is 14.0. The smallest absolute Gasteiger partial charge is 0.315 e. The number of aromatic nitrogens is 3. The van der Waals surface area contributed by atoms with Crippen LogP contribution in [0.15, 0.2) is 53.5 Å². The summed E-state index contributed by atoms with van der Waals surface area (Å²) in [4.78, 5) is 37.0. The summed E-state index contributed by atoms with van der Waals surface area (Å²) < 4.78 is 1.71. The van der Waals surface area contributed by atoms with Crippen LogP contribution in [-0.2, 0) is 6.54 Å². The molecule has 3 heterocycles. The number of anilines is 1. The first-order valence-electron chi connectivity index (χ1n) is 11.9. The van der Waals surface area contributed by atoms with Crippen molar-refractivity contribution in [3.63, 3.8) is 0 Å². The molecule has 2 N–H and O–H groups in total. The Morgan fingerprint density at radius 2 is 1.64 bits per heavy atom. The van der Waals surface area contributed by atoms with Crippen molar-refractivity contribution in [3.05, 3.63) is 64.6 Å². The van der Waals surface area contributed by atoms with Crippen LogP contribution in [0.2, 0.25) is 0 Å². The van der Waals surface area contributed by atoms with Gasteiger partial charge in [0.05, 0.1) is 6.54 Å². The number of pyridine rings is 1. The zero-order valence-electron chi connectivity index (χ0n) is 18.7. The van der Waals surface area contributed by atoms with Gasteiger partial charge in [0.15, 0.2) is 11.5 Å². The molecule has 5 rings (SSSR count). The van der Waals surface area contributed by atoms with Gasteiger partial charge in [-0.05, 0) is 43.4 Å². The second kappa shape index (κ2) is 9.60. The molecule has 1 aliphatic carbocycles. The molecule has 2 aromatic heterocycles. The molecule has 2 fully saturated rings. The number of hydrogen-bond acceptors (Lipinski definition) is 5. The molecule has 0 unspecified atom stereocenters. The van der Waals surface area contributed by atoms with E-state index in [9.17, 15) is 9.59 Å². The fraction of sp³-hybridized carbons (Fsp3) is 0.440. The summed E-state index contributed by atoms with van der Waals surface area (Å²) in [5.74, 6) is 0.459. The molecular weight excluding hydrogens is 416 g/mol. The van der Waals surface area contributed by atoms with Crippen molar-refractivity contribution < 1.29 is 4.79 Å². The minimum atomic E-state index is -0.129. The van der Waals surface area contributed by atoms with E-state index in [1.54, 1.807) is 10.8 Å². The van der Waals surface area contributed by atoms with Gasteiger partial charge in [-0.1, -0.05) is 43.2 Å². The van der Waals surface area contributed by atoms with E-state index in [0.717, 1.165) is 31.2 Å². The summed E-state index contributed by atoms with van der Waals surface area (Å²) in [6.45, 7) is 1.80. The van der Waals surface area contributed by atoms with E-state index in [2.05, 4.69) is 20.6 Å². The van der Waals surface area contributed by atoms with E-state index in [1.165, 1.54) is 12.8 Å². The maximum Gasteiger partial charge on any atom is 0.315 e. The Bertz CT molecular complexity index is 1160. The van der Waals surface area contributed by atoms with E-state index < -0.39 is 0 Å². The number of amides is 2. The number of piperidine rings is 1. The Morgan fingerprint density at radius 3 is 2.36 bits per heavy atom. The molecule has 1 saturated heterocycles. The molecule has 0 radical (unpaired) electrons. The lowest BCUT2D eigenvalue weighted by atomic mass is 10.1. The lowest BCUT2D eigenvalue weighted by Crippen LogP contribution is -2.50. The van der Waals surface area contributed by atoms with Crippen molar-refractivity contribution in [1.82, 2.24) is 25.2 Å². The number of nitrogens with zero attached hydrogens (tertiary/aromatic N) is 4. The molecule has 172 valence electrons. The van der Waals surface area contributed by atoms with Crippen molar-refractivity contribution in [2.24, 2.45) is 0 Å². The minimum Gasteiger partial charge on any atom is -0.352 e. The highest BCUT2D eigenvalue weighted by Crippen LogP contribution is 2.20. The van der Waals surface area contributed by atoms with Gasteiger partial charge < -0.3 is 15.5 Å². The summed E-state index contributed by atoms with van der Waals surface area (Å²) in [7, 11) is 0. The SMILES string of the molecule is O=C(NC1CCCC1)NC1CCN(c2nc3cccnc3n(Cc3ccccc3)c2=O)CC1. The van der Waals surface area contributed by atoms with Crippen molar-refractivity contribution in [2.45, 2.75) is 57.2 Å². The minimum absolute atomic E-state index is 0.0690. The van der Waals surface area contributed by atoms with Crippen LogP contribution in [0, 0.1) is 0 Å². The highest BCUT2D eigenvalue weighted by molar-refractivity contribution is 5.75. The standard InChI is InChI=1S/C25H30N6O2/c32-24-23(30-15-12-20(13-16-30)28-25(33)27-19-9-4-5-10-19)29-21-11-6-14-26-22(21)31(24)17-18-7-2-1-3-8-18/h1-3,6-8,11,14,19-20H,4-5,9-10,12-13,15-17H2,(H2,27,28,33). The van der Waals surface area contributed by atoms with Crippen LogP contribution in [0.1, 0.15) is 44.1 Å². The molecular formula is C25H30N6O2. The molecule has 0 spiro atoms. The number of hydrogen-bond donors (Lipinski definition) is 2. The van der Waals surface area contributed by atoms with Gasteiger partial charge in [-0.25, -0.2) is 14.8 Å². The summed E-state index contributed by atoms with van der Waals surface area (Å²) in [5, 5.41) is 6.21. The molecule has 0 atom stereocenters. The Balaban J connectivity index is 1.31. The van der Waals surface area contributed by atoms with Crippen LogP contribution >= 0.6 is 0 Å². The van der Waals surface area contributed by atoms with Crippen molar-refractivity contribution >= 4 is 23.0 Å². The first-order chi connectivity index (χ1) is 16.2. The van der Waals surface area contributed by atoms with E-state index in [1.807, 2.05) is 47.4 Å². The Hall–Kier alpha value is -3.42. The van der Waals surface area contributed by atoms with Crippen LogP contribution in [0.4, 0.5) is 10.6 Å². The lowest BCUT2D eigenvalue weighted by Gasteiger charge is -2.33. The quantitative estimate of drug-likeness (QED) is 0.629. The molecule has 8 heteroatoms. The third-order valence-electron chi connectivity index (χ3n) is 6.69. The van der Waals surface area contributed by atoms with Gasteiger partial charge in [-0.3, -0.25) is 9.36 Å². The average molecular weight is 447 g/mol. The van der Waals surface area contributed by atoms with Crippen LogP contribution in [0.5, 0.6) is 0 Å². The molecule has 1 aromatic carbocycles. The van der Waals surface area contributed by atoms with Crippen LogP contribution in [-0.4, -0.2) is 45.7 Å². The third kappa shape index (κ3) is 4.84. The number of benzene rings is 1. The first-order valence-corrected chi connectivity index (χ1v) is 11.9. The summed E-state index contributed by atoms with van der Waals surface area (Å²) in [6.07, 6.45) is 7.79. The fourth-order valence-corrected chi connectivity index (χ4v) is 4.90. The van der Waals surface area contributed by atoms with E-state index >= 15 is 0 Å². The molecule has 1 aliphatic heterocycles. The van der Waals surface area contributed by atoms with Gasteiger partial charge in [-0.2, -0.15) is 0 Å². The van der Waals surface area contributed by atoms with Crippen molar-refractivity contribution in [1.29, 1.82) is 0 Å². The Morgan fingerprint density at radius 1 is 0.939 bits per heavy atom. The maximum absolute atomic E-state index is 13.5. The molecule has 3 aromatic rings. The topological polar surface area (TPSA) is 92.2 Å². The highest BCUT2D eigenvalue weighted by atomic mass is 16.2. The van der Waals surface area contributed by atoms with Crippen molar-refractivity contribution in [2.75, 3.05) is 18.0 Å². The van der Waals surface area contributed by atoms with Crippen LogP contribution in [0.3, 0.4) is 0 Å². The maximum atomic E-state index is 13.5. The number of rotatable bonds is 5. The number of urea groups is 1. The van der Waals surface area contributed by atoms with Gasteiger partial charge in [0, 0.05) is 31.4 Å². The average Bonchev–Trinajstić information content (AvgIpc) is 3.35. The molecule has 33 heavy (non-hydrogen) atoms. The second-order valence-corrected chi connectivity index (χ2v) is 9.02. The van der Waals surface area contributed by atoms with Gasteiger partial charge >= 0.3 is 6.03 Å². The molecule has 0 bridgehead atoms.